The summed E-state index contributed by atoms with van der Waals surface area (Å²) in [5.74, 6) is 0.840. The molecule has 1 aliphatic rings. The van der Waals surface area contributed by atoms with Gasteiger partial charge < -0.3 is 4.74 Å². The molecule has 0 heterocycles. The first-order chi connectivity index (χ1) is 10.6. The van der Waals surface area contributed by atoms with Crippen LogP contribution in [0.1, 0.15) is 51.2 Å². The van der Waals surface area contributed by atoms with Gasteiger partial charge in [0, 0.05) is 18.6 Å². The van der Waals surface area contributed by atoms with E-state index < -0.39 is 0 Å². The fourth-order valence-corrected chi connectivity index (χ4v) is 3.03. The van der Waals surface area contributed by atoms with Gasteiger partial charge in [0.2, 0.25) is 5.91 Å². The molecular formula is C18H26ClNO2. The predicted molar refractivity (Wildman–Crippen MR) is 91.5 cm³/mol. The summed E-state index contributed by atoms with van der Waals surface area (Å²) in [5.41, 5.74) is 3.11. The molecule has 0 saturated heterocycles. The molecule has 2 rings (SSSR count). The van der Waals surface area contributed by atoms with Crippen LogP contribution in [0.2, 0.25) is 5.02 Å². The number of benzene rings is 1. The Morgan fingerprint density at radius 1 is 1.32 bits per heavy atom. The third-order valence-corrected chi connectivity index (χ3v) is 4.64. The summed E-state index contributed by atoms with van der Waals surface area (Å²) in [7, 11) is 0. The highest BCUT2D eigenvalue weighted by Crippen LogP contribution is 2.34. The van der Waals surface area contributed by atoms with Gasteiger partial charge in [0.25, 0.3) is 0 Å². The molecule has 122 valence electrons. The monoisotopic (exact) mass is 323 g/mol. The van der Waals surface area contributed by atoms with Crippen molar-refractivity contribution in [3.8, 4) is 0 Å². The lowest BCUT2D eigenvalue weighted by atomic mass is 10.0. The van der Waals surface area contributed by atoms with E-state index >= 15 is 0 Å². The number of halogens is 1. The summed E-state index contributed by atoms with van der Waals surface area (Å²) >= 11 is 6.34. The van der Waals surface area contributed by atoms with Gasteiger partial charge in [0.15, 0.2) is 0 Å². The van der Waals surface area contributed by atoms with Crippen molar-refractivity contribution in [1.82, 2.24) is 0 Å². The first-order valence-corrected chi connectivity index (χ1v) is 8.62. The van der Waals surface area contributed by atoms with Crippen LogP contribution in [0.5, 0.6) is 0 Å². The number of rotatable bonds is 8. The molecule has 0 aliphatic heterocycles. The molecule has 1 amide bonds. The number of hydrogen-bond acceptors (Lipinski definition) is 2. The van der Waals surface area contributed by atoms with Crippen molar-refractivity contribution in [2.45, 2.75) is 52.9 Å². The maximum Gasteiger partial charge on any atom is 0.225 e. The summed E-state index contributed by atoms with van der Waals surface area (Å²) in [6.45, 7) is 6.78. The van der Waals surface area contributed by atoms with Crippen LogP contribution < -0.4 is 4.90 Å². The van der Waals surface area contributed by atoms with Gasteiger partial charge in [-0.3, -0.25) is 9.69 Å². The Bertz CT molecular complexity index is 526. The van der Waals surface area contributed by atoms with Gasteiger partial charge in [-0.2, -0.15) is 0 Å². The van der Waals surface area contributed by atoms with Crippen molar-refractivity contribution in [2.75, 3.05) is 18.2 Å². The largest absolute Gasteiger partial charge is 0.361 e. The molecule has 4 heteroatoms. The van der Waals surface area contributed by atoms with Crippen LogP contribution in [-0.2, 0) is 22.4 Å². The zero-order valence-electron chi connectivity index (χ0n) is 13.8. The molecule has 0 atom stereocenters. The Labute approximate surface area is 138 Å². The zero-order chi connectivity index (χ0) is 16.1. The van der Waals surface area contributed by atoms with Crippen LogP contribution in [0.3, 0.4) is 0 Å². The van der Waals surface area contributed by atoms with Gasteiger partial charge in [-0.15, -0.1) is 0 Å². The van der Waals surface area contributed by atoms with Crippen LogP contribution in [0.15, 0.2) is 12.1 Å². The minimum atomic E-state index is -0.00177. The van der Waals surface area contributed by atoms with Crippen LogP contribution in [-0.4, -0.2) is 19.2 Å². The molecule has 0 spiro atoms. The van der Waals surface area contributed by atoms with Gasteiger partial charge in [-0.25, -0.2) is 0 Å². The summed E-state index contributed by atoms with van der Waals surface area (Å²) in [6, 6.07) is 3.94. The Morgan fingerprint density at radius 2 is 2.05 bits per heavy atom. The number of carbonyl (C=O) groups is 1. The molecule has 0 bridgehead atoms. The van der Waals surface area contributed by atoms with E-state index in [1.807, 2.05) is 12.1 Å². The van der Waals surface area contributed by atoms with E-state index in [-0.39, 0.29) is 5.91 Å². The number of nitrogens with zero attached hydrogens (tertiary/aromatic N) is 1. The summed E-state index contributed by atoms with van der Waals surface area (Å²) in [6.07, 6.45) is 5.42. The second-order valence-corrected chi connectivity index (χ2v) is 6.36. The topological polar surface area (TPSA) is 29.5 Å². The number of aryl methyl sites for hydroxylation is 1. The number of ether oxygens (including phenoxy) is 1. The van der Waals surface area contributed by atoms with E-state index in [9.17, 15) is 4.79 Å². The van der Waals surface area contributed by atoms with Crippen LogP contribution in [0, 0.1) is 5.92 Å². The third-order valence-electron chi connectivity index (χ3n) is 4.28. The standard InChI is InChI=1S/C18H26ClNO2/c1-4-15-8-9-17(19)16(5-2)18(15)20(13(3)21)12-22-11-10-14-6-7-14/h8-9,14H,4-7,10-12H2,1-3H3. The fraction of sp³-hybridized carbons (Fsp3) is 0.611. The molecule has 0 N–H and O–H groups in total. The Hall–Kier alpha value is -1.06. The van der Waals surface area contributed by atoms with Crippen molar-refractivity contribution in [1.29, 1.82) is 0 Å². The van der Waals surface area contributed by atoms with E-state index in [1.165, 1.54) is 12.8 Å². The van der Waals surface area contributed by atoms with Crippen molar-refractivity contribution in [2.24, 2.45) is 5.92 Å². The Balaban J connectivity index is 2.18. The molecule has 1 fully saturated rings. The minimum Gasteiger partial charge on any atom is -0.361 e. The van der Waals surface area contributed by atoms with E-state index in [2.05, 4.69) is 13.8 Å². The predicted octanol–water partition coefficient (Wildman–Crippen LogP) is 4.59. The fourth-order valence-electron chi connectivity index (χ4n) is 2.74. The van der Waals surface area contributed by atoms with Crippen LogP contribution in [0.25, 0.3) is 0 Å². The second kappa shape index (κ2) is 7.98. The second-order valence-electron chi connectivity index (χ2n) is 5.96. The van der Waals surface area contributed by atoms with Crippen molar-refractivity contribution >= 4 is 23.2 Å². The quantitative estimate of drug-likeness (QED) is 0.517. The average molecular weight is 324 g/mol. The maximum atomic E-state index is 12.1. The maximum absolute atomic E-state index is 12.1. The van der Waals surface area contributed by atoms with Gasteiger partial charge in [-0.1, -0.05) is 44.4 Å². The minimum absolute atomic E-state index is 0.00177. The van der Waals surface area contributed by atoms with Crippen LogP contribution in [0.4, 0.5) is 5.69 Å². The van der Waals surface area contributed by atoms with Crippen molar-refractivity contribution < 1.29 is 9.53 Å². The Kier molecular flexibility index (Phi) is 6.27. The van der Waals surface area contributed by atoms with E-state index in [0.29, 0.717) is 6.73 Å². The van der Waals surface area contributed by atoms with E-state index in [1.54, 1.807) is 11.8 Å². The summed E-state index contributed by atoms with van der Waals surface area (Å²) < 4.78 is 5.76. The zero-order valence-corrected chi connectivity index (χ0v) is 14.6. The van der Waals surface area contributed by atoms with E-state index in [0.717, 1.165) is 53.6 Å². The molecule has 1 saturated carbocycles. The molecule has 22 heavy (non-hydrogen) atoms. The number of hydrogen-bond donors (Lipinski definition) is 0. The molecule has 0 aromatic heterocycles. The lowest BCUT2D eigenvalue weighted by Crippen LogP contribution is -2.33. The lowest BCUT2D eigenvalue weighted by Gasteiger charge is -2.27. The third kappa shape index (κ3) is 4.23. The van der Waals surface area contributed by atoms with Gasteiger partial charge in [-0.05, 0) is 42.4 Å². The molecular weight excluding hydrogens is 298 g/mol. The summed E-state index contributed by atoms with van der Waals surface area (Å²) in [5, 5.41) is 0.721. The molecule has 0 radical (unpaired) electrons. The number of anilines is 1. The highest BCUT2D eigenvalue weighted by molar-refractivity contribution is 6.32. The SMILES string of the molecule is CCc1ccc(Cl)c(CC)c1N(COCCC1CC1)C(C)=O. The highest BCUT2D eigenvalue weighted by atomic mass is 35.5. The van der Waals surface area contributed by atoms with Crippen molar-refractivity contribution in [3.63, 3.8) is 0 Å². The molecule has 1 aliphatic carbocycles. The van der Waals surface area contributed by atoms with Gasteiger partial charge in [0.1, 0.15) is 6.73 Å². The average Bonchev–Trinajstić information content (AvgIpc) is 3.31. The smallest absolute Gasteiger partial charge is 0.225 e. The first-order valence-electron chi connectivity index (χ1n) is 8.24. The van der Waals surface area contributed by atoms with Gasteiger partial charge in [0.05, 0.1) is 5.69 Å². The highest BCUT2D eigenvalue weighted by Gasteiger charge is 2.22. The molecule has 3 nitrogen and oxygen atoms in total. The van der Waals surface area contributed by atoms with Crippen molar-refractivity contribution in [3.05, 3.63) is 28.3 Å². The lowest BCUT2D eigenvalue weighted by molar-refractivity contribution is -0.117. The van der Waals surface area contributed by atoms with Gasteiger partial charge >= 0.3 is 0 Å². The van der Waals surface area contributed by atoms with E-state index in [4.69, 9.17) is 16.3 Å². The molecule has 1 aromatic carbocycles. The summed E-state index contributed by atoms with van der Waals surface area (Å²) in [4.78, 5) is 13.9. The Morgan fingerprint density at radius 3 is 2.59 bits per heavy atom. The number of carbonyl (C=O) groups excluding carboxylic acids is 1. The van der Waals surface area contributed by atoms with Crippen LogP contribution >= 0.6 is 11.6 Å². The first kappa shape index (κ1) is 17.3. The molecule has 0 unspecified atom stereocenters. The normalized spacial score (nSPS) is 14.2. The number of amides is 1. The molecule has 1 aromatic rings.